The molecule has 6 aromatic rings. The van der Waals surface area contributed by atoms with Crippen molar-refractivity contribution in [3.8, 4) is 0 Å². The number of nitrogens with one attached hydrogen (secondary N) is 1. The van der Waals surface area contributed by atoms with Crippen LogP contribution in [-0.2, 0) is 17.9 Å². The maximum atomic E-state index is 13.3. The summed E-state index contributed by atoms with van der Waals surface area (Å²) in [5.74, 6) is -5.11. The molecule has 274 valence electrons. The van der Waals surface area contributed by atoms with Crippen LogP contribution in [0.15, 0.2) is 85.5 Å². The van der Waals surface area contributed by atoms with Gasteiger partial charge in [0.1, 0.15) is 34.9 Å². The van der Waals surface area contributed by atoms with Gasteiger partial charge in [0.25, 0.3) is 5.69 Å². The highest BCUT2D eigenvalue weighted by molar-refractivity contribution is 5.78. The van der Waals surface area contributed by atoms with E-state index in [1.165, 1.54) is 47.6 Å². The Morgan fingerprint density at radius 3 is 1.67 bits per heavy atom. The molecular formula is C32H28F5N7O8. The van der Waals surface area contributed by atoms with Crippen molar-refractivity contribution in [2.75, 3.05) is 25.1 Å². The molecule has 0 unspecified atom stereocenters. The minimum absolute atomic E-state index is 0.0141. The van der Waals surface area contributed by atoms with Crippen LogP contribution in [0.2, 0.25) is 0 Å². The fourth-order valence-corrected chi connectivity index (χ4v) is 4.36. The molecule has 0 aliphatic carbocycles. The van der Waals surface area contributed by atoms with E-state index in [1.807, 2.05) is 0 Å². The minimum Gasteiger partial charge on any atom is -0.480 e. The van der Waals surface area contributed by atoms with E-state index in [0.717, 1.165) is 24.3 Å². The summed E-state index contributed by atoms with van der Waals surface area (Å²) in [5, 5.41) is 48.7. The fourth-order valence-electron chi connectivity index (χ4n) is 4.36. The molecule has 52 heavy (non-hydrogen) atoms. The number of rotatable bonds is 9. The maximum Gasteiger partial charge on any atom is 0.323 e. The van der Waals surface area contributed by atoms with Gasteiger partial charge < -0.3 is 29.8 Å². The number of benzene rings is 4. The predicted octanol–water partition coefficient (Wildman–Crippen LogP) is 5.44. The molecule has 4 aromatic carbocycles. The molecule has 0 amide bonds. The lowest BCUT2D eigenvalue weighted by atomic mass is 10.2. The molecule has 4 N–H and O–H groups in total. The number of carboxylic acids is 1. The summed E-state index contributed by atoms with van der Waals surface area (Å²) < 4.78 is 67.2. The van der Waals surface area contributed by atoms with Gasteiger partial charge in [0.2, 0.25) is 5.82 Å². The first-order chi connectivity index (χ1) is 24.8. The van der Waals surface area contributed by atoms with Crippen LogP contribution in [0, 0.1) is 49.3 Å². The monoisotopic (exact) mass is 733 g/mol. The van der Waals surface area contributed by atoms with Crippen molar-refractivity contribution < 1.29 is 51.9 Å². The molecule has 2 heterocycles. The van der Waals surface area contributed by atoms with Crippen LogP contribution in [0.4, 0.5) is 39.0 Å². The van der Waals surface area contributed by atoms with Crippen LogP contribution < -0.4 is 5.32 Å². The van der Waals surface area contributed by atoms with E-state index in [9.17, 15) is 47.0 Å². The van der Waals surface area contributed by atoms with Crippen molar-refractivity contribution in [2.45, 2.75) is 13.1 Å². The van der Waals surface area contributed by atoms with Gasteiger partial charge in [-0.2, -0.15) is 4.39 Å². The Balaban J connectivity index is 0.000000188. The van der Waals surface area contributed by atoms with E-state index in [4.69, 9.17) is 15.3 Å². The second-order valence-corrected chi connectivity index (χ2v) is 10.0. The van der Waals surface area contributed by atoms with E-state index in [0.29, 0.717) is 23.1 Å². The van der Waals surface area contributed by atoms with Crippen molar-refractivity contribution in [1.29, 1.82) is 0 Å². The third-order valence-electron chi connectivity index (χ3n) is 6.55. The Hall–Kier alpha value is -6.54. The average molecular weight is 734 g/mol. The zero-order chi connectivity index (χ0) is 38.4. The second-order valence-electron chi connectivity index (χ2n) is 10.0. The summed E-state index contributed by atoms with van der Waals surface area (Å²) in [6.07, 6.45) is 2.85. The van der Waals surface area contributed by atoms with Crippen LogP contribution in [0.1, 0.15) is 0 Å². The molecule has 0 radical (unpaired) electrons. The molecular weight excluding hydrogens is 705 g/mol. The number of carbonyl (C=O) groups is 1. The Labute approximate surface area is 289 Å². The Bertz CT molecular complexity index is 2160. The number of anilines is 1. The normalized spacial score (nSPS) is 10.3. The number of nitrogens with zero attached hydrogens (tertiary/aromatic N) is 6. The van der Waals surface area contributed by atoms with Gasteiger partial charge in [-0.05, 0) is 36.4 Å². The van der Waals surface area contributed by atoms with E-state index in [2.05, 4.69) is 15.3 Å². The van der Waals surface area contributed by atoms with Gasteiger partial charge in [0.05, 0.1) is 46.7 Å². The van der Waals surface area contributed by atoms with Gasteiger partial charge in [0, 0.05) is 25.2 Å². The zero-order valence-electron chi connectivity index (χ0n) is 26.6. The van der Waals surface area contributed by atoms with Gasteiger partial charge in [-0.15, -0.1) is 0 Å². The number of aliphatic hydroxyl groups is 2. The molecule has 0 fully saturated rings. The number of aromatic nitrogens is 4. The smallest absolute Gasteiger partial charge is 0.323 e. The highest BCUT2D eigenvalue weighted by atomic mass is 19.2. The fraction of sp³-hybridized carbons (Fsp3) is 0.156. The summed E-state index contributed by atoms with van der Waals surface area (Å²) in [6.45, 7) is -0.0675. The molecule has 0 atom stereocenters. The molecule has 0 saturated heterocycles. The number of halogens is 5. The molecule has 0 aliphatic heterocycles. The average Bonchev–Trinajstić information content (AvgIpc) is 3.71. The van der Waals surface area contributed by atoms with Crippen LogP contribution in [-0.4, -0.2) is 70.0 Å². The van der Waals surface area contributed by atoms with E-state index < -0.39 is 44.8 Å². The Morgan fingerprint density at radius 2 is 1.17 bits per heavy atom. The van der Waals surface area contributed by atoms with Crippen molar-refractivity contribution >= 4 is 45.1 Å². The highest BCUT2D eigenvalue weighted by Gasteiger charge is 2.17. The molecule has 15 nitrogen and oxygen atoms in total. The molecule has 0 aliphatic rings. The quantitative estimate of drug-likeness (QED) is 0.0835. The van der Waals surface area contributed by atoms with E-state index >= 15 is 0 Å². The maximum absolute atomic E-state index is 13.3. The Morgan fingerprint density at radius 1 is 0.692 bits per heavy atom. The molecule has 0 bridgehead atoms. The molecule has 0 saturated carbocycles. The van der Waals surface area contributed by atoms with Gasteiger partial charge in [-0.3, -0.25) is 25.0 Å². The minimum atomic E-state index is -1.42. The lowest BCUT2D eigenvalue weighted by Gasteiger charge is -2.05. The van der Waals surface area contributed by atoms with Gasteiger partial charge in [0.15, 0.2) is 11.6 Å². The van der Waals surface area contributed by atoms with Crippen LogP contribution in [0.3, 0.4) is 0 Å². The number of hydrogen-bond donors (Lipinski definition) is 4. The number of fused-ring (bicyclic) bond motifs is 2. The zero-order valence-corrected chi connectivity index (χ0v) is 26.6. The third kappa shape index (κ3) is 10.5. The number of aliphatic hydroxyl groups excluding tert-OH is 2. The first-order valence-corrected chi connectivity index (χ1v) is 14.7. The number of para-hydroxylation sites is 3. The number of nitro groups is 2. The van der Waals surface area contributed by atoms with Gasteiger partial charge >= 0.3 is 11.7 Å². The molecule has 6 rings (SSSR count). The van der Waals surface area contributed by atoms with Crippen molar-refractivity contribution in [3.63, 3.8) is 0 Å². The summed E-state index contributed by atoms with van der Waals surface area (Å²) in [6, 6.07) is 15.6. The molecule has 20 heteroatoms. The lowest BCUT2D eigenvalue weighted by molar-refractivity contribution is -0.387. The first kappa shape index (κ1) is 39.9. The van der Waals surface area contributed by atoms with E-state index in [-0.39, 0.29) is 49.0 Å². The second kappa shape index (κ2) is 19.0. The van der Waals surface area contributed by atoms with Crippen molar-refractivity contribution in [1.82, 2.24) is 19.1 Å². The summed E-state index contributed by atoms with van der Waals surface area (Å²) in [4.78, 5) is 37.1. The third-order valence-corrected chi connectivity index (χ3v) is 6.55. The van der Waals surface area contributed by atoms with Gasteiger partial charge in [-0.1, -0.05) is 24.3 Å². The van der Waals surface area contributed by atoms with Gasteiger partial charge in [-0.25, -0.2) is 27.5 Å². The van der Waals surface area contributed by atoms with Crippen molar-refractivity contribution in [3.05, 3.63) is 135 Å². The number of aliphatic carboxylic acids is 1. The molecule has 0 spiro atoms. The number of nitro benzene ring substituents is 2. The summed E-state index contributed by atoms with van der Waals surface area (Å²) >= 11 is 0. The highest BCUT2D eigenvalue weighted by Crippen LogP contribution is 2.26. The number of carboxylic acid groups (broad SMARTS) is 1. The summed E-state index contributed by atoms with van der Waals surface area (Å²) in [5.41, 5.74) is 0.404. The molecule has 2 aromatic heterocycles. The summed E-state index contributed by atoms with van der Waals surface area (Å²) in [7, 11) is 0. The lowest BCUT2D eigenvalue weighted by Crippen LogP contribution is -2.09. The van der Waals surface area contributed by atoms with Crippen molar-refractivity contribution in [2.24, 2.45) is 0 Å². The largest absolute Gasteiger partial charge is 0.480 e. The topological polar surface area (TPSA) is 212 Å². The van der Waals surface area contributed by atoms with Crippen LogP contribution in [0.25, 0.3) is 22.1 Å². The van der Waals surface area contributed by atoms with Crippen LogP contribution >= 0.6 is 0 Å². The Kier molecular flexibility index (Phi) is 14.6. The predicted molar refractivity (Wildman–Crippen MR) is 176 cm³/mol. The SMILES string of the molecule is O=C(O)Cn1cnc2cccc(F)c21.O=[N+]([O-])c1cccc(F)c1F.O=[N+]([O-])c1cccc(F)c1NCCO.OCCn1cnc2cccc(F)c21. The van der Waals surface area contributed by atoms with E-state index in [1.54, 1.807) is 22.8 Å². The first-order valence-electron chi connectivity index (χ1n) is 14.7. The number of hydrogen-bond acceptors (Lipinski definition) is 10. The number of imidazole rings is 2. The van der Waals surface area contributed by atoms with Crippen LogP contribution in [0.5, 0.6) is 0 Å². The standard InChI is InChI=1S/C9H7FN2O2.C9H9FN2O.C8H9FN2O3.C6H3F2NO2/c10-6-2-1-3-7-9(6)12(5-11-7)4-8(13)14;10-7-2-1-3-8-9(7)12(4-5-13)6-11-8;9-6-2-1-3-7(11(13)14)8(6)10-4-5-12;7-4-2-1-3-5(6(4)8)9(10)11/h1-3,5H,4H2,(H,13,14);1-3,6,13H,4-5H2;1-3,10,12H,4-5H2;1-3H.